The van der Waals surface area contributed by atoms with E-state index in [9.17, 15) is 4.39 Å². The molecule has 19 heavy (non-hydrogen) atoms. The van der Waals surface area contributed by atoms with Gasteiger partial charge in [0.05, 0.1) is 30.6 Å². The molecule has 0 bridgehead atoms. The number of pyridine rings is 1. The second-order valence-corrected chi connectivity index (χ2v) is 5.09. The largest absolute Gasteiger partial charge is 0.374 e. The van der Waals surface area contributed by atoms with Crippen molar-refractivity contribution in [3.8, 4) is 0 Å². The summed E-state index contributed by atoms with van der Waals surface area (Å²) < 4.78 is 18.6. The summed E-state index contributed by atoms with van der Waals surface area (Å²) >= 11 is 0. The Kier molecular flexibility index (Phi) is 4.85. The summed E-state index contributed by atoms with van der Waals surface area (Å²) in [5.74, 6) is -0.297. The number of nitrogens with zero attached hydrogens (tertiary/aromatic N) is 2. The Morgan fingerprint density at radius 1 is 1.58 bits per heavy atom. The monoisotopic (exact) mass is 267 g/mol. The number of aromatic nitrogens is 1. The molecule has 4 nitrogen and oxygen atoms in total. The zero-order chi connectivity index (χ0) is 13.8. The molecule has 3 atom stereocenters. The fourth-order valence-corrected chi connectivity index (χ4v) is 2.54. The molecule has 5 heteroatoms. The second kappa shape index (κ2) is 6.41. The van der Waals surface area contributed by atoms with Gasteiger partial charge in [-0.05, 0) is 25.5 Å². The van der Waals surface area contributed by atoms with Crippen LogP contribution in [0.25, 0.3) is 0 Å². The average Bonchev–Trinajstić information content (AvgIpc) is 2.42. The van der Waals surface area contributed by atoms with Crippen LogP contribution in [0.15, 0.2) is 18.3 Å². The predicted octanol–water partition coefficient (Wildman–Crippen LogP) is 1.72. The van der Waals surface area contributed by atoms with Crippen LogP contribution in [0.5, 0.6) is 0 Å². The first-order chi connectivity index (χ1) is 9.11. The smallest absolute Gasteiger partial charge is 0.141 e. The molecule has 0 radical (unpaired) electrons. The highest BCUT2D eigenvalue weighted by Gasteiger charge is 2.28. The van der Waals surface area contributed by atoms with E-state index in [4.69, 9.17) is 10.5 Å². The van der Waals surface area contributed by atoms with Gasteiger partial charge in [-0.15, -0.1) is 0 Å². The summed E-state index contributed by atoms with van der Waals surface area (Å²) in [6.07, 6.45) is 2.27. The molecule has 3 unspecified atom stereocenters. The van der Waals surface area contributed by atoms with Crippen LogP contribution in [0.1, 0.15) is 32.0 Å². The molecule has 1 aliphatic heterocycles. The molecule has 0 spiro atoms. The van der Waals surface area contributed by atoms with Gasteiger partial charge in [0.2, 0.25) is 0 Å². The van der Waals surface area contributed by atoms with Gasteiger partial charge in [0.25, 0.3) is 0 Å². The van der Waals surface area contributed by atoms with Crippen molar-refractivity contribution in [3.05, 3.63) is 29.8 Å². The van der Waals surface area contributed by atoms with Crippen LogP contribution in [-0.4, -0.2) is 41.7 Å². The molecule has 106 valence electrons. The molecule has 0 aromatic carbocycles. The van der Waals surface area contributed by atoms with E-state index in [1.54, 1.807) is 6.07 Å². The van der Waals surface area contributed by atoms with Crippen LogP contribution in [0, 0.1) is 5.82 Å². The highest BCUT2D eigenvalue weighted by Crippen LogP contribution is 2.25. The van der Waals surface area contributed by atoms with E-state index in [-0.39, 0.29) is 24.0 Å². The van der Waals surface area contributed by atoms with Crippen molar-refractivity contribution in [1.82, 2.24) is 9.88 Å². The van der Waals surface area contributed by atoms with E-state index < -0.39 is 0 Å². The maximum absolute atomic E-state index is 13.0. The molecule has 2 heterocycles. The molecule has 0 amide bonds. The van der Waals surface area contributed by atoms with Crippen molar-refractivity contribution < 1.29 is 9.13 Å². The molecule has 1 aliphatic rings. The minimum Gasteiger partial charge on any atom is -0.374 e. The minimum absolute atomic E-state index is 0.0153. The number of morpholine rings is 1. The standard InChI is InChI=1S/C14H22FN3O/c1-3-13(12-5-4-11(15)8-17-12)18-6-7-19-14(9-18)10(2)16/h4-5,8,10,13-14H,3,6-7,9,16H2,1-2H3. The highest BCUT2D eigenvalue weighted by atomic mass is 19.1. The van der Waals surface area contributed by atoms with Crippen LogP contribution in [0.4, 0.5) is 4.39 Å². The predicted molar refractivity (Wildman–Crippen MR) is 72.2 cm³/mol. The molecule has 1 aromatic rings. The Labute approximate surface area is 113 Å². The van der Waals surface area contributed by atoms with Crippen LogP contribution in [0.2, 0.25) is 0 Å². The SMILES string of the molecule is CCC(c1ccc(F)cn1)N1CCOC(C(C)N)C1. The van der Waals surface area contributed by atoms with E-state index >= 15 is 0 Å². The highest BCUT2D eigenvalue weighted by molar-refractivity contribution is 5.10. The van der Waals surface area contributed by atoms with Crippen molar-refractivity contribution in [2.45, 2.75) is 38.5 Å². The summed E-state index contributed by atoms with van der Waals surface area (Å²) in [5.41, 5.74) is 6.82. The Hall–Kier alpha value is -1.04. The topological polar surface area (TPSA) is 51.4 Å². The fourth-order valence-electron chi connectivity index (χ4n) is 2.54. The molecule has 2 N–H and O–H groups in total. The van der Waals surface area contributed by atoms with Gasteiger partial charge in [-0.3, -0.25) is 9.88 Å². The minimum atomic E-state index is -0.297. The third-order valence-corrected chi connectivity index (χ3v) is 3.63. The normalized spacial score (nSPS) is 24.1. The Morgan fingerprint density at radius 3 is 2.95 bits per heavy atom. The van der Waals surface area contributed by atoms with Gasteiger partial charge >= 0.3 is 0 Å². The molecule has 0 saturated carbocycles. The van der Waals surface area contributed by atoms with Crippen molar-refractivity contribution in [2.24, 2.45) is 5.73 Å². The number of hydrogen-bond donors (Lipinski definition) is 1. The van der Waals surface area contributed by atoms with E-state index in [0.29, 0.717) is 6.61 Å². The van der Waals surface area contributed by atoms with Gasteiger partial charge in [0.15, 0.2) is 0 Å². The van der Waals surface area contributed by atoms with Crippen LogP contribution in [0.3, 0.4) is 0 Å². The molecular formula is C14H22FN3O. The maximum atomic E-state index is 13.0. The zero-order valence-corrected chi connectivity index (χ0v) is 11.6. The van der Waals surface area contributed by atoms with Gasteiger partial charge in [0, 0.05) is 19.1 Å². The van der Waals surface area contributed by atoms with E-state index in [2.05, 4.69) is 16.8 Å². The summed E-state index contributed by atoms with van der Waals surface area (Å²) in [5, 5.41) is 0. The van der Waals surface area contributed by atoms with Crippen LogP contribution < -0.4 is 5.73 Å². The number of hydrogen-bond acceptors (Lipinski definition) is 4. The van der Waals surface area contributed by atoms with E-state index in [1.807, 2.05) is 6.92 Å². The first-order valence-electron chi connectivity index (χ1n) is 6.84. The van der Waals surface area contributed by atoms with Gasteiger partial charge in [0.1, 0.15) is 5.82 Å². The summed E-state index contributed by atoms with van der Waals surface area (Å²) in [6.45, 7) is 6.43. The lowest BCUT2D eigenvalue weighted by Crippen LogP contribution is -2.50. The van der Waals surface area contributed by atoms with Crippen LogP contribution in [-0.2, 0) is 4.74 Å². The Morgan fingerprint density at radius 2 is 2.37 bits per heavy atom. The summed E-state index contributed by atoms with van der Waals surface area (Å²) in [6, 6.07) is 3.45. The Bertz CT molecular complexity index is 396. The Balaban J connectivity index is 2.10. The first-order valence-corrected chi connectivity index (χ1v) is 6.84. The molecule has 0 aliphatic carbocycles. The summed E-state index contributed by atoms with van der Waals surface area (Å²) in [4.78, 5) is 6.54. The molecular weight excluding hydrogens is 245 g/mol. The van der Waals surface area contributed by atoms with Gasteiger partial charge in [-0.2, -0.15) is 0 Å². The molecule has 2 rings (SSSR count). The molecule has 1 saturated heterocycles. The lowest BCUT2D eigenvalue weighted by Gasteiger charge is -2.39. The first kappa shape index (κ1) is 14.4. The van der Waals surface area contributed by atoms with Crippen molar-refractivity contribution >= 4 is 0 Å². The lowest BCUT2D eigenvalue weighted by molar-refractivity contribution is -0.0532. The molecule has 1 aromatic heterocycles. The zero-order valence-electron chi connectivity index (χ0n) is 11.6. The average molecular weight is 267 g/mol. The van der Waals surface area contributed by atoms with Crippen LogP contribution >= 0.6 is 0 Å². The quantitative estimate of drug-likeness (QED) is 0.902. The van der Waals surface area contributed by atoms with E-state index in [1.165, 1.54) is 12.3 Å². The summed E-state index contributed by atoms with van der Waals surface area (Å²) in [7, 11) is 0. The van der Waals surface area contributed by atoms with Gasteiger partial charge < -0.3 is 10.5 Å². The van der Waals surface area contributed by atoms with Crippen molar-refractivity contribution in [1.29, 1.82) is 0 Å². The molecule has 1 fully saturated rings. The number of halogens is 1. The van der Waals surface area contributed by atoms with Gasteiger partial charge in [-0.1, -0.05) is 6.92 Å². The third kappa shape index (κ3) is 3.49. The lowest BCUT2D eigenvalue weighted by atomic mass is 10.1. The second-order valence-electron chi connectivity index (χ2n) is 5.09. The maximum Gasteiger partial charge on any atom is 0.141 e. The van der Waals surface area contributed by atoms with Gasteiger partial charge in [-0.25, -0.2) is 4.39 Å². The number of rotatable bonds is 4. The van der Waals surface area contributed by atoms with Crippen molar-refractivity contribution in [2.75, 3.05) is 19.7 Å². The third-order valence-electron chi connectivity index (χ3n) is 3.63. The van der Waals surface area contributed by atoms with E-state index in [0.717, 1.165) is 25.2 Å². The number of nitrogens with two attached hydrogens (primary N) is 1. The van der Waals surface area contributed by atoms with Crippen molar-refractivity contribution in [3.63, 3.8) is 0 Å². The number of ether oxygens (including phenoxy) is 1. The fraction of sp³-hybridized carbons (Fsp3) is 0.643.